The average Bonchev–Trinajstić information content (AvgIpc) is 2.34. The summed E-state index contributed by atoms with van der Waals surface area (Å²) >= 11 is 0. The van der Waals surface area contributed by atoms with E-state index in [1.807, 2.05) is 12.1 Å². The number of ether oxygens (including phenoxy) is 1. The van der Waals surface area contributed by atoms with Gasteiger partial charge in [-0.3, -0.25) is 0 Å². The van der Waals surface area contributed by atoms with Gasteiger partial charge in [0.05, 0.1) is 6.54 Å². The maximum absolute atomic E-state index is 5.71. The van der Waals surface area contributed by atoms with E-state index in [0.717, 1.165) is 24.8 Å². The fraction of sp³-hybridized carbons (Fsp3) is 0.533. The number of nitrogens with one attached hydrogen (secondary N) is 2. The molecule has 106 valence electrons. The predicted octanol–water partition coefficient (Wildman–Crippen LogP) is 2.26. The van der Waals surface area contributed by atoms with Crippen molar-refractivity contribution in [3.63, 3.8) is 0 Å². The molecule has 0 saturated heterocycles. The maximum Gasteiger partial charge on any atom is 0.191 e. The number of hydrogen-bond acceptors (Lipinski definition) is 2. The summed E-state index contributed by atoms with van der Waals surface area (Å²) in [4.78, 5) is 4.43. The zero-order valence-corrected chi connectivity index (χ0v) is 12.4. The normalized spacial score (nSPS) is 9.89. The quantitative estimate of drug-likeness (QED) is 0.470. The molecule has 0 fully saturated rings. The topological polar surface area (TPSA) is 45.7 Å². The molecule has 1 aromatic rings. The monoisotopic (exact) mass is 263 g/mol. The molecular weight excluding hydrogens is 238 g/mol. The van der Waals surface area contributed by atoms with Gasteiger partial charge in [0.25, 0.3) is 0 Å². The van der Waals surface area contributed by atoms with Crippen molar-refractivity contribution in [3.8, 4) is 5.75 Å². The third-order valence-corrected chi connectivity index (χ3v) is 2.51. The highest BCUT2D eigenvalue weighted by molar-refractivity contribution is 5.79. The molecule has 0 aliphatic carbocycles. The van der Waals surface area contributed by atoms with Crippen LogP contribution in [0.4, 0.5) is 0 Å². The van der Waals surface area contributed by atoms with E-state index in [-0.39, 0.29) is 0 Å². The van der Waals surface area contributed by atoms with Gasteiger partial charge < -0.3 is 15.4 Å². The minimum absolute atomic E-state index is 0.586. The van der Waals surface area contributed by atoms with E-state index in [9.17, 15) is 0 Å². The average molecular weight is 263 g/mol. The van der Waals surface area contributed by atoms with Gasteiger partial charge >= 0.3 is 0 Å². The second kappa shape index (κ2) is 8.40. The molecule has 1 rings (SSSR count). The molecule has 0 saturated carbocycles. The molecule has 1 aromatic carbocycles. The van der Waals surface area contributed by atoms with E-state index in [2.05, 4.69) is 49.4 Å². The van der Waals surface area contributed by atoms with Crippen molar-refractivity contribution >= 4 is 5.96 Å². The van der Waals surface area contributed by atoms with Crippen molar-refractivity contribution in [3.05, 3.63) is 29.3 Å². The van der Waals surface area contributed by atoms with Gasteiger partial charge in [-0.25, -0.2) is 4.99 Å². The van der Waals surface area contributed by atoms with Crippen molar-refractivity contribution in [1.29, 1.82) is 0 Å². The number of rotatable bonds is 6. The molecule has 0 aliphatic rings. The SMILES string of the molecule is CCNC(=NCCOc1cc(C)cc(C)c1)NCC. The Labute approximate surface area is 116 Å². The number of aryl methyl sites for hydroxylation is 2. The molecule has 0 heterocycles. The van der Waals surface area contributed by atoms with Crippen LogP contribution in [0.1, 0.15) is 25.0 Å². The van der Waals surface area contributed by atoms with Gasteiger partial charge in [0.15, 0.2) is 5.96 Å². The molecular formula is C15H25N3O. The van der Waals surface area contributed by atoms with Gasteiger partial charge in [-0.1, -0.05) is 6.07 Å². The second-order valence-corrected chi connectivity index (χ2v) is 4.46. The van der Waals surface area contributed by atoms with Crippen LogP contribution in [-0.2, 0) is 0 Å². The molecule has 19 heavy (non-hydrogen) atoms. The highest BCUT2D eigenvalue weighted by Crippen LogP contribution is 2.15. The fourth-order valence-electron chi connectivity index (χ4n) is 1.85. The lowest BCUT2D eigenvalue weighted by Gasteiger charge is -2.10. The first kappa shape index (κ1) is 15.3. The van der Waals surface area contributed by atoms with E-state index in [4.69, 9.17) is 4.74 Å². The number of hydrogen-bond donors (Lipinski definition) is 2. The molecule has 0 aromatic heterocycles. The van der Waals surface area contributed by atoms with Gasteiger partial charge in [-0.2, -0.15) is 0 Å². The molecule has 0 unspecified atom stereocenters. The lowest BCUT2D eigenvalue weighted by atomic mass is 10.1. The van der Waals surface area contributed by atoms with Crippen LogP contribution in [0.25, 0.3) is 0 Å². The Morgan fingerprint density at radius 1 is 1.05 bits per heavy atom. The molecule has 0 atom stereocenters. The van der Waals surface area contributed by atoms with Crippen LogP contribution in [0, 0.1) is 13.8 Å². The lowest BCUT2D eigenvalue weighted by molar-refractivity contribution is 0.328. The van der Waals surface area contributed by atoms with Crippen LogP contribution in [-0.4, -0.2) is 32.2 Å². The molecule has 0 radical (unpaired) electrons. The van der Waals surface area contributed by atoms with Crippen molar-refractivity contribution in [2.75, 3.05) is 26.2 Å². The Bertz CT molecular complexity index is 388. The summed E-state index contributed by atoms with van der Waals surface area (Å²) in [5.74, 6) is 1.76. The standard InChI is InChI=1S/C15H25N3O/c1-5-16-15(17-6-2)18-7-8-19-14-10-12(3)9-13(4)11-14/h9-11H,5-8H2,1-4H3,(H2,16,17,18). The Hall–Kier alpha value is -1.71. The van der Waals surface area contributed by atoms with Crippen LogP contribution >= 0.6 is 0 Å². The first-order valence-electron chi connectivity index (χ1n) is 6.89. The molecule has 0 aliphatic heterocycles. The number of nitrogens with zero attached hydrogens (tertiary/aromatic N) is 1. The summed E-state index contributed by atoms with van der Waals surface area (Å²) in [7, 11) is 0. The Kier molecular flexibility index (Phi) is 6.79. The minimum Gasteiger partial charge on any atom is -0.492 e. The predicted molar refractivity (Wildman–Crippen MR) is 81.1 cm³/mol. The smallest absolute Gasteiger partial charge is 0.191 e. The number of benzene rings is 1. The van der Waals surface area contributed by atoms with E-state index in [1.54, 1.807) is 0 Å². The van der Waals surface area contributed by atoms with E-state index < -0.39 is 0 Å². The maximum atomic E-state index is 5.71. The van der Waals surface area contributed by atoms with Gasteiger partial charge in [0.1, 0.15) is 12.4 Å². The van der Waals surface area contributed by atoms with E-state index in [0.29, 0.717) is 13.2 Å². The zero-order chi connectivity index (χ0) is 14.1. The van der Waals surface area contributed by atoms with Crippen LogP contribution in [0.2, 0.25) is 0 Å². The fourth-order valence-corrected chi connectivity index (χ4v) is 1.85. The van der Waals surface area contributed by atoms with Crippen LogP contribution in [0.3, 0.4) is 0 Å². The summed E-state index contributed by atoms with van der Waals surface area (Å²) < 4.78 is 5.71. The summed E-state index contributed by atoms with van der Waals surface area (Å²) in [5, 5.41) is 6.37. The number of aliphatic imine (C=N–C) groups is 1. The van der Waals surface area contributed by atoms with E-state index in [1.165, 1.54) is 11.1 Å². The summed E-state index contributed by atoms with van der Waals surface area (Å²) in [6.45, 7) is 11.2. The zero-order valence-electron chi connectivity index (χ0n) is 12.4. The van der Waals surface area contributed by atoms with Gasteiger partial charge in [-0.05, 0) is 51.0 Å². The Morgan fingerprint density at radius 3 is 2.16 bits per heavy atom. The van der Waals surface area contributed by atoms with Gasteiger partial charge in [0, 0.05) is 13.1 Å². The van der Waals surface area contributed by atoms with Crippen LogP contribution in [0.5, 0.6) is 5.75 Å². The highest BCUT2D eigenvalue weighted by Gasteiger charge is 1.97. The molecule has 0 bridgehead atoms. The minimum atomic E-state index is 0.586. The van der Waals surface area contributed by atoms with Crippen LogP contribution in [0.15, 0.2) is 23.2 Å². The third kappa shape index (κ3) is 6.13. The van der Waals surface area contributed by atoms with Gasteiger partial charge in [0.2, 0.25) is 0 Å². The van der Waals surface area contributed by atoms with Crippen molar-refractivity contribution < 1.29 is 4.74 Å². The summed E-state index contributed by atoms with van der Waals surface area (Å²) in [5.41, 5.74) is 2.44. The highest BCUT2D eigenvalue weighted by atomic mass is 16.5. The van der Waals surface area contributed by atoms with Gasteiger partial charge in [-0.15, -0.1) is 0 Å². The number of guanidine groups is 1. The van der Waals surface area contributed by atoms with Crippen molar-refractivity contribution in [2.45, 2.75) is 27.7 Å². The first-order chi connectivity index (χ1) is 9.15. The summed E-state index contributed by atoms with van der Waals surface area (Å²) in [6, 6.07) is 6.23. The second-order valence-electron chi connectivity index (χ2n) is 4.46. The lowest BCUT2D eigenvalue weighted by Crippen LogP contribution is -2.37. The van der Waals surface area contributed by atoms with Crippen molar-refractivity contribution in [2.24, 2.45) is 4.99 Å². The third-order valence-electron chi connectivity index (χ3n) is 2.51. The Morgan fingerprint density at radius 2 is 1.63 bits per heavy atom. The largest absolute Gasteiger partial charge is 0.492 e. The van der Waals surface area contributed by atoms with E-state index >= 15 is 0 Å². The molecule has 0 amide bonds. The molecule has 4 nitrogen and oxygen atoms in total. The molecule has 4 heteroatoms. The first-order valence-corrected chi connectivity index (χ1v) is 6.89. The van der Waals surface area contributed by atoms with Crippen LogP contribution < -0.4 is 15.4 Å². The Balaban J connectivity index is 2.42. The van der Waals surface area contributed by atoms with Crippen molar-refractivity contribution in [1.82, 2.24) is 10.6 Å². The molecule has 0 spiro atoms. The molecule has 2 N–H and O–H groups in total. The summed E-state index contributed by atoms with van der Waals surface area (Å²) in [6.07, 6.45) is 0.